The third kappa shape index (κ3) is 6.81. The van der Waals surface area contributed by atoms with Crippen molar-refractivity contribution in [2.24, 2.45) is 0 Å². The smallest absolute Gasteiger partial charge is 0.260 e. The zero-order chi connectivity index (χ0) is 27.8. The molecule has 0 bridgehead atoms. The number of rotatable bonds is 13. The number of ether oxygens (including phenoxy) is 3. The van der Waals surface area contributed by atoms with Crippen molar-refractivity contribution in [3.8, 4) is 5.75 Å². The Morgan fingerprint density at radius 1 is 0.897 bits per heavy atom. The molecule has 206 valence electrons. The Morgan fingerprint density at radius 3 is 2.18 bits per heavy atom. The predicted molar refractivity (Wildman–Crippen MR) is 152 cm³/mol. The van der Waals surface area contributed by atoms with Crippen LogP contribution in [0.4, 0.5) is 5.13 Å². The number of hydrogen-bond donors (Lipinski definition) is 0. The fourth-order valence-corrected chi connectivity index (χ4v) is 6.29. The van der Waals surface area contributed by atoms with Gasteiger partial charge >= 0.3 is 0 Å². The van der Waals surface area contributed by atoms with Gasteiger partial charge in [0.1, 0.15) is 5.75 Å². The SMILES string of the molecule is COCCN(CCOC)S(=O)(=O)c1ccc(C(=O)N(Cc2ccccc2)c2nc3cc(OC)ccc3s2)cc1. The number of nitrogens with zero attached hydrogens (tertiary/aromatic N) is 3. The Kier molecular flexibility index (Phi) is 9.65. The van der Waals surface area contributed by atoms with Crippen LogP contribution in [0.25, 0.3) is 10.2 Å². The molecule has 0 aliphatic heterocycles. The molecule has 0 saturated carbocycles. The van der Waals surface area contributed by atoms with E-state index in [-0.39, 0.29) is 37.1 Å². The summed E-state index contributed by atoms with van der Waals surface area (Å²) in [6.45, 7) is 1.19. The van der Waals surface area contributed by atoms with Gasteiger partial charge in [0.2, 0.25) is 10.0 Å². The lowest BCUT2D eigenvalue weighted by Gasteiger charge is -2.22. The standard InChI is InChI=1S/C28H31N3O6S2/c1-35-17-15-30(16-18-36-2)39(33,34)24-12-9-22(10-13-24)27(32)31(20-21-7-5-4-6-8-21)28-29-25-19-23(37-3)11-14-26(25)38-28/h4-14,19H,15-18,20H2,1-3H3. The molecule has 0 saturated heterocycles. The minimum absolute atomic E-state index is 0.0907. The Labute approximate surface area is 232 Å². The van der Waals surface area contributed by atoms with Crippen molar-refractivity contribution in [2.45, 2.75) is 11.4 Å². The molecular weight excluding hydrogens is 538 g/mol. The van der Waals surface area contributed by atoms with Crippen LogP contribution in [-0.4, -0.2) is 71.2 Å². The highest BCUT2D eigenvalue weighted by Crippen LogP contribution is 2.33. The molecule has 39 heavy (non-hydrogen) atoms. The molecule has 0 aliphatic carbocycles. The van der Waals surface area contributed by atoms with Gasteiger partial charge in [-0.2, -0.15) is 4.31 Å². The van der Waals surface area contributed by atoms with E-state index in [4.69, 9.17) is 19.2 Å². The monoisotopic (exact) mass is 569 g/mol. The van der Waals surface area contributed by atoms with Crippen molar-refractivity contribution < 1.29 is 27.4 Å². The molecule has 0 fully saturated rings. The summed E-state index contributed by atoms with van der Waals surface area (Å²) in [5.41, 5.74) is 2.02. The molecule has 0 radical (unpaired) electrons. The fourth-order valence-electron chi connectivity index (χ4n) is 3.94. The number of amides is 1. The predicted octanol–water partition coefficient (Wildman–Crippen LogP) is 4.44. The number of thiazole rings is 1. The van der Waals surface area contributed by atoms with Crippen LogP contribution in [0.15, 0.2) is 77.7 Å². The highest BCUT2D eigenvalue weighted by Gasteiger charge is 2.26. The summed E-state index contributed by atoms with van der Waals surface area (Å²) in [4.78, 5) is 20.2. The molecule has 1 amide bonds. The first-order valence-electron chi connectivity index (χ1n) is 12.3. The summed E-state index contributed by atoms with van der Waals surface area (Å²) < 4.78 is 44.3. The lowest BCUT2D eigenvalue weighted by Crippen LogP contribution is -2.36. The maximum atomic E-state index is 13.8. The highest BCUT2D eigenvalue weighted by atomic mass is 32.2. The molecule has 0 aliphatic rings. The molecule has 4 aromatic rings. The molecule has 0 N–H and O–H groups in total. The number of hydrogen-bond acceptors (Lipinski definition) is 8. The summed E-state index contributed by atoms with van der Waals surface area (Å²) in [6.07, 6.45) is 0. The van der Waals surface area contributed by atoms with Crippen molar-refractivity contribution in [3.63, 3.8) is 0 Å². The third-order valence-corrected chi connectivity index (χ3v) is 9.04. The average molecular weight is 570 g/mol. The van der Waals surface area contributed by atoms with Crippen molar-refractivity contribution in [1.29, 1.82) is 0 Å². The Balaban J connectivity index is 1.65. The summed E-state index contributed by atoms with van der Waals surface area (Å²) >= 11 is 1.41. The van der Waals surface area contributed by atoms with Crippen LogP contribution in [0.1, 0.15) is 15.9 Å². The molecule has 0 unspecified atom stereocenters. The number of carbonyl (C=O) groups is 1. The average Bonchev–Trinajstić information content (AvgIpc) is 3.39. The molecule has 1 aromatic heterocycles. The van der Waals surface area contributed by atoms with Gasteiger partial charge in [-0.25, -0.2) is 13.4 Å². The first-order valence-corrected chi connectivity index (χ1v) is 14.5. The van der Waals surface area contributed by atoms with E-state index >= 15 is 0 Å². The number of aromatic nitrogens is 1. The summed E-state index contributed by atoms with van der Waals surface area (Å²) in [6, 6.07) is 21.2. The quantitative estimate of drug-likeness (QED) is 0.235. The normalized spacial score (nSPS) is 11.7. The van der Waals surface area contributed by atoms with Gasteiger partial charge in [-0.15, -0.1) is 0 Å². The Morgan fingerprint density at radius 2 is 1.56 bits per heavy atom. The van der Waals surface area contributed by atoms with E-state index in [0.29, 0.717) is 23.0 Å². The number of anilines is 1. The summed E-state index contributed by atoms with van der Waals surface area (Å²) in [5.74, 6) is 0.395. The van der Waals surface area contributed by atoms with Gasteiger partial charge in [0.05, 0.1) is 42.0 Å². The van der Waals surface area contributed by atoms with E-state index in [1.165, 1.54) is 54.1 Å². The molecule has 4 rings (SSSR count). The first kappa shape index (κ1) is 28.7. The van der Waals surface area contributed by atoms with Gasteiger partial charge in [0.15, 0.2) is 5.13 Å². The van der Waals surface area contributed by atoms with E-state index < -0.39 is 10.0 Å². The second-order valence-corrected chi connectivity index (χ2v) is 11.6. The molecule has 0 atom stereocenters. The number of sulfonamides is 1. The molecule has 11 heteroatoms. The van der Waals surface area contributed by atoms with Gasteiger partial charge in [-0.1, -0.05) is 41.7 Å². The second kappa shape index (κ2) is 13.1. The van der Waals surface area contributed by atoms with E-state index in [9.17, 15) is 13.2 Å². The number of carbonyl (C=O) groups excluding carboxylic acids is 1. The molecule has 0 spiro atoms. The van der Waals surface area contributed by atoms with Crippen LogP contribution in [0.3, 0.4) is 0 Å². The van der Waals surface area contributed by atoms with Gasteiger partial charge in [0.25, 0.3) is 5.91 Å². The second-order valence-electron chi connectivity index (χ2n) is 8.62. The Hall–Kier alpha value is -3.35. The summed E-state index contributed by atoms with van der Waals surface area (Å²) in [7, 11) is 0.826. The molecule has 1 heterocycles. The van der Waals surface area contributed by atoms with Gasteiger partial charge in [-0.3, -0.25) is 9.69 Å². The topological polar surface area (TPSA) is 98.3 Å². The lowest BCUT2D eigenvalue weighted by atomic mass is 10.1. The van der Waals surface area contributed by atoms with Crippen LogP contribution < -0.4 is 9.64 Å². The first-order chi connectivity index (χ1) is 18.9. The van der Waals surface area contributed by atoms with Crippen LogP contribution in [0.2, 0.25) is 0 Å². The minimum atomic E-state index is -3.81. The molecular formula is C28H31N3O6S2. The highest BCUT2D eigenvalue weighted by molar-refractivity contribution is 7.89. The van der Waals surface area contributed by atoms with Crippen molar-refractivity contribution >= 4 is 42.6 Å². The van der Waals surface area contributed by atoms with Crippen molar-refractivity contribution in [3.05, 3.63) is 83.9 Å². The van der Waals surface area contributed by atoms with Crippen LogP contribution >= 0.6 is 11.3 Å². The van der Waals surface area contributed by atoms with E-state index in [1.54, 1.807) is 12.0 Å². The van der Waals surface area contributed by atoms with E-state index in [0.717, 1.165) is 15.8 Å². The zero-order valence-corrected chi connectivity index (χ0v) is 23.7. The van der Waals surface area contributed by atoms with Crippen molar-refractivity contribution in [2.75, 3.05) is 52.5 Å². The largest absolute Gasteiger partial charge is 0.497 e. The summed E-state index contributed by atoms with van der Waals surface area (Å²) in [5, 5.41) is 0.536. The molecule has 3 aromatic carbocycles. The van der Waals surface area contributed by atoms with E-state index in [1.807, 2.05) is 48.5 Å². The number of fused-ring (bicyclic) bond motifs is 1. The van der Waals surface area contributed by atoms with Gasteiger partial charge in [0, 0.05) is 38.9 Å². The number of methoxy groups -OCH3 is 3. The zero-order valence-electron chi connectivity index (χ0n) is 22.1. The lowest BCUT2D eigenvalue weighted by molar-refractivity contribution is 0.0985. The fraction of sp³-hybridized carbons (Fsp3) is 0.286. The van der Waals surface area contributed by atoms with Crippen molar-refractivity contribution in [1.82, 2.24) is 9.29 Å². The minimum Gasteiger partial charge on any atom is -0.497 e. The van der Waals surface area contributed by atoms with E-state index in [2.05, 4.69) is 0 Å². The third-order valence-electron chi connectivity index (χ3n) is 6.07. The molecule has 9 nitrogen and oxygen atoms in total. The van der Waals surface area contributed by atoms with Crippen LogP contribution in [0.5, 0.6) is 5.75 Å². The van der Waals surface area contributed by atoms with Gasteiger partial charge < -0.3 is 14.2 Å². The van der Waals surface area contributed by atoms with Crippen LogP contribution in [0, 0.1) is 0 Å². The van der Waals surface area contributed by atoms with Crippen LogP contribution in [-0.2, 0) is 26.0 Å². The van der Waals surface area contributed by atoms with Gasteiger partial charge in [-0.05, 0) is 42.0 Å². The number of benzene rings is 3. The maximum absolute atomic E-state index is 13.8. The maximum Gasteiger partial charge on any atom is 0.260 e. The Bertz CT molecular complexity index is 1480.